The number of aromatic nitrogens is 4. The van der Waals surface area contributed by atoms with Gasteiger partial charge in [-0.05, 0) is 49.7 Å². The monoisotopic (exact) mass is 358 g/mol. The highest BCUT2D eigenvalue weighted by Gasteiger charge is 2.53. The first-order chi connectivity index (χ1) is 12.6. The Morgan fingerprint density at radius 2 is 2.08 bits per heavy atom. The highest BCUT2D eigenvalue weighted by molar-refractivity contribution is 5.85. The number of carbonyl (C=O) groups excluding carboxylic acids is 2. The van der Waals surface area contributed by atoms with Gasteiger partial charge in [0.25, 0.3) is 0 Å². The van der Waals surface area contributed by atoms with Gasteiger partial charge in [0.05, 0.1) is 0 Å². The number of nitrogens with zero attached hydrogens (tertiary/aromatic N) is 5. The number of hydrogen-bond acceptors (Lipinski definition) is 5. The van der Waals surface area contributed by atoms with Gasteiger partial charge < -0.3 is 10.2 Å². The molecule has 3 aliphatic carbocycles. The smallest absolute Gasteiger partial charge is 0.246 e. The zero-order valence-corrected chi connectivity index (χ0v) is 15.2. The predicted molar refractivity (Wildman–Crippen MR) is 91.9 cm³/mol. The van der Waals surface area contributed by atoms with Crippen LogP contribution in [0.25, 0.3) is 0 Å². The lowest BCUT2D eigenvalue weighted by Gasteiger charge is -2.40. The van der Waals surface area contributed by atoms with Crippen LogP contribution < -0.4 is 5.32 Å². The van der Waals surface area contributed by atoms with E-state index < -0.39 is 0 Å². The summed E-state index contributed by atoms with van der Waals surface area (Å²) in [5, 5.41) is 15.6. The summed E-state index contributed by atoms with van der Waals surface area (Å²) >= 11 is 0. The van der Waals surface area contributed by atoms with Gasteiger partial charge in [0.15, 0.2) is 5.82 Å². The Labute approximate surface area is 152 Å². The molecule has 0 radical (unpaired) electrons. The molecule has 2 heterocycles. The van der Waals surface area contributed by atoms with E-state index in [2.05, 4.69) is 27.7 Å². The van der Waals surface area contributed by atoms with Crippen LogP contribution in [-0.2, 0) is 16.1 Å². The van der Waals surface area contributed by atoms with Crippen molar-refractivity contribution in [3.8, 4) is 0 Å². The molecular weight excluding hydrogens is 332 g/mol. The number of amides is 2. The first kappa shape index (κ1) is 16.2. The zero-order valence-electron chi connectivity index (χ0n) is 15.2. The molecule has 0 bridgehead atoms. The van der Waals surface area contributed by atoms with Crippen LogP contribution in [0.5, 0.6) is 0 Å². The van der Waals surface area contributed by atoms with Gasteiger partial charge in [-0.2, -0.15) is 4.80 Å². The molecule has 4 aliphatic rings. The molecule has 8 nitrogen and oxygen atoms in total. The SMILES string of the molecule is CCC1(C(=O)NC2CC3CN(C(=O)Cn4nnc(C5CC5)n4)CC32)CC1. The van der Waals surface area contributed by atoms with Crippen molar-refractivity contribution < 1.29 is 9.59 Å². The average molecular weight is 358 g/mol. The molecule has 140 valence electrons. The lowest BCUT2D eigenvalue weighted by molar-refractivity contribution is -0.131. The fraction of sp³-hybridized carbons (Fsp3) is 0.833. The van der Waals surface area contributed by atoms with Crippen molar-refractivity contribution in [2.75, 3.05) is 13.1 Å². The van der Waals surface area contributed by atoms with Crippen LogP contribution in [0.2, 0.25) is 0 Å². The molecule has 8 heteroatoms. The Morgan fingerprint density at radius 1 is 1.27 bits per heavy atom. The molecular formula is C18H26N6O2. The molecule has 1 N–H and O–H groups in total. The van der Waals surface area contributed by atoms with E-state index in [-0.39, 0.29) is 29.8 Å². The summed E-state index contributed by atoms with van der Waals surface area (Å²) in [6.45, 7) is 3.78. The van der Waals surface area contributed by atoms with Crippen molar-refractivity contribution in [3.63, 3.8) is 0 Å². The maximum absolute atomic E-state index is 12.6. The Balaban J connectivity index is 1.14. The third kappa shape index (κ3) is 2.70. The van der Waals surface area contributed by atoms with E-state index in [9.17, 15) is 9.59 Å². The first-order valence-electron chi connectivity index (χ1n) is 9.94. The average Bonchev–Trinajstić information content (AvgIpc) is 3.54. The quantitative estimate of drug-likeness (QED) is 0.808. The largest absolute Gasteiger partial charge is 0.353 e. The summed E-state index contributed by atoms with van der Waals surface area (Å²) in [6, 6.07) is 0.236. The predicted octanol–water partition coefficient (Wildman–Crippen LogP) is 0.704. The van der Waals surface area contributed by atoms with E-state index in [1.54, 1.807) is 0 Å². The maximum atomic E-state index is 12.6. The Kier molecular flexibility index (Phi) is 3.59. The second-order valence-corrected chi connectivity index (χ2v) is 8.62. The topological polar surface area (TPSA) is 93.0 Å². The summed E-state index contributed by atoms with van der Waals surface area (Å²) < 4.78 is 0. The molecule has 3 unspecified atom stereocenters. The molecule has 1 aromatic heterocycles. The normalized spacial score (nSPS) is 31.3. The lowest BCUT2D eigenvalue weighted by atomic mass is 9.71. The van der Waals surface area contributed by atoms with Gasteiger partial charge >= 0.3 is 0 Å². The summed E-state index contributed by atoms with van der Waals surface area (Å²) in [7, 11) is 0. The fourth-order valence-corrected chi connectivity index (χ4v) is 4.54. The molecule has 4 fully saturated rings. The van der Waals surface area contributed by atoms with Crippen LogP contribution in [0.4, 0.5) is 0 Å². The van der Waals surface area contributed by atoms with Crippen molar-refractivity contribution >= 4 is 11.8 Å². The van der Waals surface area contributed by atoms with Crippen molar-refractivity contribution in [2.24, 2.45) is 17.3 Å². The number of hydrogen-bond donors (Lipinski definition) is 1. The zero-order chi connectivity index (χ0) is 17.9. The van der Waals surface area contributed by atoms with Crippen LogP contribution in [0.1, 0.15) is 57.2 Å². The molecule has 0 spiro atoms. The van der Waals surface area contributed by atoms with E-state index in [4.69, 9.17) is 0 Å². The highest BCUT2D eigenvalue weighted by atomic mass is 16.2. The van der Waals surface area contributed by atoms with E-state index in [0.29, 0.717) is 17.8 Å². The fourth-order valence-electron chi connectivity index (χ4n) is 4.54. The number of nitrogens with one attached hydrogen (secondary N) is 1. The third-order valence-corrected chi connectivity index (χ3v) is 6.93. The molecule has 3 saturated carbocycles. The summed E-state index contributed by atoms with van der Waals surface area (Å²) in [5.41, 5.74) is -0.0861. The molecule has 3 atom stereocenters. The Hall–Kier alpha value is -1.99. The second kappa shape index (κ2) is 5.76. The van der Waals surface area contributed by atoms with Crippen molar-refractivity contribution in [3.05, 3.63) is 5.82 Å². The van der Waals surface area contributed by atoms with Crippen LogP contribution >= 0.6 is 0 Å². The minimum atomic E-state index is -0.0861. The van der Waals surface area contributed by atoms with Crippen molar-refractivity contribution in [2.45, 2.75) is 64.0 Å². The maximum Gasteiger partial charge on any atom is 0.246 e. The standard InChI is InChI=1S/C18H26N6O2/c1-2-18(5-6-18)17(26)19-14-7-12-8-23(9-13(12)14)15(25)10-24-21-16(20-22-24)11-3-4-11/h11-14H,2-10H2,1H3,(H,19,26). The third-order valence-electron chi connectivity index (χ3n) is 6.93. The molecule has 0 aromatic carbocycles. The number of likely N-dealkylation sites (tertiary alicyclic amines) is 1. The van der Waals surface area contributed by atoms with Crippen LogP contribution in [0.3, 0.4) is 0 Å². The van der Waals surface area contributed by atoms with Gasteiger partial charge in [0, 0.05) is 36.4 Å². The minimum Gasteiger partial charge on any atom is -0.353 e. The van der Waals surface area contributed by atoms with E-state index in [1.165, 1.54) is 4.80 Å². The molecule has 1 saturated heterocycles. The van der Waals surface area contributed by atoms with Crippen LogP contribution in [-0.4, -0.2) is 56.1 Å². The van der Waals surface area contributed by atoms with Gasteiger partial charge in [-0.15, -0.1) is 10.2 Å². The van der Waals surface area contributed by atoms with Crippen LogP contribution in [0.15, 0.2) is 0 Å². The van der Waals surface area contributed by atoms with Gasteiger partial charge in [0.2, 0.25) is 11.8 Å². The van der Waals surface area contributed by atoms with E-state index in [0.717, 1.165) is 57.4 Å². The van der Waals surface area contributed by atoms with Gasteiger partial charge in [-0.3, -0.25) is 9.59 Å². The number of fused-ring (bicyclic) bond motifs is 1. The van der Waals surface area contributed by atoms with Gasteiger partial charge in [-0.1, -0.05) is 6.92 Å². The van der Waals surface area contributed by atoms with E-state index >= 15 is 0 Å². The lowest BCUT2D eigenvalue weighted by Crippen LogP contribution is -2.53. The van der Waals surface area contributed by atoms with E-state index in [1.807, 2.05) is 4.90 Å². The summed E-state index contributed by atoms with van der Waals surface area (Å²) in [5.74, 6) is 2.42. The highest BCUT2D eigenvalue weighted by Crippen LogP contribution is 2.50. The van der Waals surface area contributed by atoms with Crippen molar-refractivity contribution in [1.29, 1.82) is 0 Å². The van der Waals surface area contributed by atoms with Crippen LogP contribution in [0, 0.1) is 17.3 Å². The molecule has 5 rings (SSSR count). The number of rotatable bonds is 6. The minimum absolute atomic E-state index is 0.0523. The number of tetrazole rings is 1. The van der Waals surface area contributed by atoms with Crippen molar-refractivity contribution in [1.82, 2.24) is 30.4 Å². The molecule has 1 aliphatic heterocycles. The number of carbonyl (C=O) groups is 2. The first-order valence-corrected chi connectivity index (χ1v) is 9.94. The Bertz CT molecular complexity index is 738. The summed E-state index contributed by atoms with van der Waals surface area (Å²) in [4.78, 5) is 28.4. The summed E-state index contributed by atoms with van der Waals surface area (Å²) in [6.07, 6.45) is 6.22. The molecule has 26 heavy (non-hydrogen) atoms. The van der Waals surface area contributed by atoms with Gasteiger partial charge in [-0.25, -0.2) is 0 Å². The molecule has 2 amide bonds. The van der Waals surface area contributed by atoms with Gasteiger partial charge in [0.1, 0.15) is 6.54 Å². The Morgan fingerprint density at radius 3 is 2.77 bits per heavy atom. The molecule has 1 aromatic rings. The second-order valence-electron chi connectivity index (χ2n) is 8.62.